The summed E-state index contributed by atoms with van der Waals surface area (Å²) in [4.78, 5) is 17.4. The predicted molar refractivity (Wildman–Crippen MR) is 40.9 cm³/mol. The Morgan fingerprint density at radius 2 is 1.54 bits per heavy atom. The molecule has 0 aliphatic carbocycles. The highest BCUT2D eigenvalue weighted by Crippen LogP contribution is 1.65. The molecule has 4 N–H and O–H groups in total. The van der Waals surface area contributed by atoms with Crippen LogP contribution in [0.15, 0.2) is 0 Å². The fraction of sp³-hybridized carbons (Fsp3) is 0.800. The number of nitrogens with zero attached hydrogens (tertiary/aromatic N) is 1. The van der Waals surface area contributed by atoms with Crippen molar-refractivity contribution in [2.75, 3.05) is 13.2 Å². The first-order chi connectivity index (χ1) is 5.88. The topological polar surface area (TPSA) is 141 Å². The van der Waals surface area contributed by atoms with Crippen molar-refractivity contribution in [3.8, 4) is 0 Å². The summed E-state index contributed by atoms with van der Waals surface area (Å²) in [6, 6.07) is 0. The molecule has 0 heterocycles. The van der Waals surface area contributed by atoms with Crippen LogP contribution in [0.1, 0.15) is 13.3 Å². The van der Waals surface area contributed by atoms with Crippen molar-refractivity contribution in [2.45, 2.75) is 13.3 Å². The summed E-state index contributed by atoms with van der Waals surface area (Å²) in [7, 11) is 0. The quantitative estimate of drug-likeness (QED) is 0.333. The molecule has 8 heteroatoms. The van der Waals surface area contributed by atoms with Crippen LogP contribution in [-0.4, -0.2) is 44.8 Å². The molecule has 0 rings (SSSR count). The highest BCUT2D eigenvalue weighted by atomic mass is 16.9. The predicted octanol–water partition coefficient (Wildman–Crippen LogP) is -0.896. The molecule has 0 spiro atoms. The number of carboxylic acids is 1. The summed E-state index contributed by atoms with van der Waals surface area (Å²) in [5.41, 5.74) is 0. The zero-order chi connectivity index (χ0) is 11.3. The Bertz CT molecular complexity index is 104. The Kier molecular flexibility index (Phi) is 22.9. The Morgan fingerprint density at radius 3 is 1.54 bits per heavy atom. The minimum atomic E-state index is -1.50. The second-order valence-electron chi connectivity index (χ2n) is 1.56. The zero-order valence-electron chi connectivity index (χ0n) is 7.08. The third-order valence-corrected chi connectivity index (χ3v) is 0.316. The van der Waals surface area contributed by atoms with E-state index in [2.05, 4.69) is 0 Å². The Labute approximate surface area is 74.2 Å². The number of carboxylic acid groups (broad SMARTS) is 1. The van der Waals surface area contributed by atoms with Gasteiger partial charge in [0, 0.05) is 20.1 Å². The van der Waals surface area contributed by atoms with Crippen LogP contribution in [0, 0.1) is 10.1 Å². The van der Waals surface area contributed by atoms with Crippen LogP contribution in [0.4, 0.5) is 0 Å². The molecule has 0 aromatic heterocycles. The molecule has 80 valence electrons. The Balaban J connectivity index is -0.000000117. The molecule has 0 fully saturated rings. The van der Waals surface area contributed by atoms with E-state index in [1.165, 1.54) is 0 Å². The molecule has 0 unspecified atom stereocenters. The minimum absolute atomic E-state index is 0.0938. The van der Waals surface area contributed by atoms with Gasteiger partial charge in [-0.2, -0.15) is 0 Å². The van der Waals surface area contributed by atoms with Gasteiger partial charge < -0.3 is 20.5 Å². The van der Waals surface area contributed by atoms with E-state index in [9.17, 15) is 0 Å². The number of hydrogen-bond donors (Lipinski definition) is 4. The van der Waals surface area contributed by atoms with Gasteiger partial charge in [-0.3, -0.25) is 4.79 Å². The lowest BCUT2D eigenvalue weighted by molar-refractivity contribution is -0.742. The molecule has 0 amide bonds. The van der Waals surface area contributed by atoms with Gasteiger partial charge >= 0.3 is 0 Å². The van der Waals surface area contributed by atoms with Gasteiger partial charge in [-0.25, -0.2) is 0 Å². The maximum absolute atomic E-state index is 9.00. The molecule has 0 radical (unpaired) electrons. The third kappa shape index (κ3) is 2240. The Hall–Kier alpha value is -1.41. The lowest BCUT2D eigenvalue weighted by Gasteiger charge is -1.79. The number of aliphatic hydroxyl groups is 2. The van der Waals surface area contributed by atoms with Crippen LogP contribution < -0.4 is 0 Å². The minimum Gasteiger partial charge on any atom is -0.481 e. The number of carbonyl (C=O) groups is 1. The van der Waals surface area contributed by atoms with Gasteiger partial charge in [0.05, 0.1) is 0 Å². The van der Waals surface area contributed by atoms with Crippen LogP contribution in [-0.2, 0) is 4.79 Å². The van der Waals surface area contributed by atoms with Crippen LogP contribution >= 0.6 is 0 Å². The molecule has 13 heavy (non-hydrogen) atoms. The van der Waals surface area contributed by atoms with Gasteiger partial charge in [-0.05, 0) is 6.42 Å². The first kappa shape index (κ1) is 17.6. The summed E-state index contributed by atoms with van der Waals surface area (Å²) in [6.07, 6.45) is 0.500. The third-order valence-electron chi connectivity index (χ3n) is 0.316. The van der Waals surface area contributed by atoms with E-state index in [1.807, 2.05) is 0 Å². The molecule has 0 bridgehead atoms. The van der Waals surface area contributed by atoms with Gasteiger partial charge in [-0.1, -0.05) is 0 Å². The standard InChI is InChI=1S/C3H8O2.C2H4O2.HNO3/c4-2-1-3-5;1-2(3)4;2-1(3)4/h4-5H,1-3H2;1H3,(H,3,4);(H,2,3,4). The smallest absolute Gasteiger partial charge is 0.300 e. The van der Waals surface area contributed by atoms with Crippen molar-refractivity contribution in [3.05, 3.63) is 10.1 Å². The molecule has 0 atom stereocenters. The van der Waals surface area contributed by atoms with E-state index < -0.39 is 11.1 Å². The van der Waals surface area contributed by atoms with E-state index in [-0.39, 0.29) is 13.2 Å². The van der Waals surface area contributed by atoms with Crippen molar-refractivity contribution in [2.24, 2.45) is 0 Å². The van der Waals surface area contributed by atoms with Crippen molar-refractivity contribution >= 4 is 5.97 Å². The lowest BCUT2D eigenvalue weighted by atomic mass is 10.5. The van der Waals surface area contributed by atoms with Crippen molar-refractivity contribution in [1.82, 2.24) is 0 Å². The highest BCUT2D eigenvalue weighted by molar-refractivity contribution is 5.62. The first-order valence-corrected chi connectivity index (χ1v) is 3.13. The van der Waals surface area contributed by atoms with E-state index in [4.69, 9.17) is 35.4 Å². The Morgan fingerprint density at radius 1 is 1.38 bits per heavy atom. The van der Waals surface area contributed by atoms with Gasteiger partial charge in [0.25, 0.3) is 11.1 Å². The summed E-state index contributed by atoms with van der Waals surface area (Å²) in [5, 5.41) is 36.9. The average molecular weight is 199 g/mol. The first-order valence-electron chi connectivity index (χ1n) is 3.13. The molecular formula is C5H13NO7. The summed E-state index contributed by atoms with van der Waals surface area (Å²) in [6.45, 7) is 1.27. The maximum Gasteiger partial charge on any atom is 0.300 e. The second-order valence-corrected chi connectivity index (χ2v) is 1.56. The van der Waals surface area contributed by atoms with Gasteiger partial charge in [0.1, 0.15) is 0 Å². The van der Waals surface area contributed by atoms with Crippen molar-refractivity contribution in [1.29, 1.82) is 0 Å². The van der Waals surface area contributed by atoms with Crippen molar-refractivity contribution in [3.63, 3.8) is 0 Å². The fourth-order valence-corrected chi connectivity index (χ4v) is 0.0707. The van der Waals surface area contributed by atoms with Crippen LogP contribution in [0.3, 0.4) is 0 Å². The number of aliphatic carboxylic acids is 1. The molecular weight excluding hydrogens is 186 g/mol. The van der Waals surface area contributed by atoms with E-state index in [0.29, 0.717) is 6.42 Å². The van der Waals surface area contributed by atoms with Gasteiger partial charge in [0.15, 0.2) is 0 Å². The molecule has 0 saturated carbocycles. The second kappa shape index (κ2) is 16.9. The summed E-state index contributed by atoms with van der Waals surface area (Å²) >= 11 is 0. The SMILES string of the molecule is CC(=O)O.O=[N+]([O-])O.OCCCO. The molecule has 0 aliphatic heterocycles. The lowest BCUT2D eigenvalue weighted by Crippen LogP contribution is -1.85. The van der Waals surface area contributed by atoms with Gasteiger partial charge in [0.2, 0.25) is 0 Å². The zero-order valence-corrected chi connectivity index (χ0v) is 7.08. The van der Waals surface area contributed by atoms with Crippen LogP contribution in [0.5, 0.6) is 0 Å². The normalized spacial score (nSPS) is 7.00. The summed E-state index contributed by atoms with van der Waals surface area (Å²) < 4.78 is 0. The molecule has 0 saturated heterocycles. The fourth-order valence-electron chi connectivity index (χ4n) is 0.0707. The number of hydrogen-bond acceptors (Lipinski definition) is 5. The number of aliphatic hydroxyl groups excluding tert-OH is 2. The number of rotatable bonds is 2. The summed E-state index contributed by atoms with van der Waals surface area (Å²) in [5.74, 6) is -0.833. The molecule has 0 aromatic rings. The van der Waals surface area contributed by atoms with E-state index >= 15 is 0 Å². The highest BCUT2D eigenvalue weighted by Gasteiger charge is 1.70. The average Bonchev–Trinajstić information content (AvgIpc) is 1.86. The molecule has 8 nitrogen and oxygen atoms in total. The molecule has 0 aromatic carbocycles. The monoisotopic (exact) mass is 199 g/mol. The van der Waals surface area contributed by atoms with Crippen LogP contribution in [0.25, 0.3) is 0 Å². The van der Waals surface area contributed by atoms with Gasteiger partial charge in [-0.15, -0.1) is 10.1 Å². The molecule has 0 aliphatic rings. The largest absolute Gasteiger partial charge is 0.481 e. The van der Waals surface area contributed by atoms with Crippen LogP contribution in [0.2, 0.25) is 0 Å². The van der Waals surface area contributed by atoms with E-state index in [1.54, 1.807) is 0 Å². The van der Waals surface area contributed by atoms with Crippen molar-refractivity contribution < 1.29 is 30.4 Å². The van der Waals surface area contributed by atoms with E-state index in [0.717, 1.165) is 6.92 Å². The maximum atomic E-state index is 9.00.